The molecule has 5 aliphatic carbocycles. The SMILES string of the molecule is CC1(C)[C@H]2CC[C@]3(C)[C@@H](C(=O)C=C4[C@@H]5C[C@](C)(C(=O)O)CC[C@@]5(C)CC[C@]43C)[C@]2(C)CC[C@H]1OC(=O)CCC(=O)O.O.O.O.O.O.O.O.O.O.O.O.O.O.O.O.O.O.O.O.O.O=S(=O)(O)OC[C@H]1O[C@@H](O[C@]2(COS(=O)(=O)O)O[C@H](OS(=O)(=O)O)[C@@H](OS(=O)(=O)O)[C@@H]2OS(=O)(=O)O)[C@H](OS(=O)(=O)O)[C@@H](OS(=O)(=O)O)[C@@H]1OS(=O)(=O)O.[AlH3].[AlH3].[AlH3].[AlH3].[AlH3].[AlH3].[AlH3].[AlH3].[AlH3]. The topological polar surface area (TPSA) is 1280 Å². The number of aliphatic carboxylic acids is 2. The van der Waals surface area contributed by atoms with Crippen molar-refractivity contribution in [3.05, 3.63) is 11.6 Å². The number of ether oxygens (including phenoxy) is 4. The first kappa shape index (κ1) is 188. The zero-order chi connectivity index (χ0) is 72.7. The molecule has 0 spiro atoms. The molecular formula is C45H137Al9O62S8. The van der Waals surface area contributed by atoms with Gasteiger partial charge in [0, 0.05) is 11.3 Å². The first-order valence-corrected chi connectivity index (χ1v) is 38.5. The molecule has 18 atom stereocenters. The minimum Gasteiger partial charge on any atom is -0.481 e. The van der Waals surface area contributed by atoms with Crippen LogP contribution in [0.1, 0.15) is 119 Å². The van der Waals surface area contributed by atoms with Crippen molar-refractivity contribution >= 4 is 263 Å². The molecule has 764 valence electrons. The lowest BCUT2D eigenvalue weighted by molar-refractivity contribution is -0.379. The molecule has 7 rings (SSSR count). The Balaban J connectivity index is -0.0000000604. The standard InChI is InChI=1S/C34H50O7.C11H20O35S8.9Al.20H2O.27H/c1-29(2)23-10-13-34(7)27(32(23,5)12-11-24(29)41-26(38)9-8-25(36)37)22(35)18-20-21-19-31(4,28(39)40)15-14-30(21,3)16-17-33(20,34)6;12-47(13,14)36-1-3-4(41-49(18,19)20)5(42-50(21,22)23)6(43-51(24,25)26)9(38-3)39-11(2-37-48(15,16)17)8(45-53(30,31)32)7(44-52(27,28)29)10(40-11)46-54(33,34)35;;;;;;;;;;;;;;;;;;;;;;;;;;;;;;;;;;;;;;;;;;;;;;;;;;;;;;;;/h18,21,23-24,27H,8-17,19H2,1-7H3,(H,36,37)(H,39,40);3-10H,1-2H2,(H,12,13,14)(H,15,16,17)(H,18,19,20)(H,21,22,23)(H,24,25,26)(H,27,28,29)(H,30,31,32)(H,33,34,35);;;;;;;;;;20*1H2;;;;;;;;;;;;;;;;;;;;;;;;;;;/t21-,23+,24+,27-,30-,31+,32+,33+,34+;3-,4-,5+,6-,7+,8+,9+,10-,11-;;;;;;;;;;;;;;;;;;;;;;;;;;;;;;;;;;;;;;;;;;;;;;;;;;;;;;;;/m01......................................................../s1. The smallest absolute Gasteiger partial charge is 0.399 e. The maximum absolute atomic E-state index is 14.5. The molecule has 0 amide bonds. The van der Waals surface area contributed by atoms with Gasteiger partial charge in [0.2, 0.25) is 12.1 Å². The maximum atomic E-state index is 14.5. The second-order valence-corrected chi connectivity index (χ2v) is 34.0. The lowest BCUT2D eigenvalue weighted by Crippen LogP contribution is -2.66. The number of hydrogen-bond donors (Lipinski definition) is 10. The molecule has 0 bridgehead atoms. The van der Waals surface area contributed by atoms with Crippen LogP contribution in [-0.2, 0) is 155 Å². The Bertz CT molecular complexity index is 4040. The van der Waals surface area contributed by atoms with E-state index in [2.05, 4.69) is 75.0 Å². The van der Waals surface area contributed by atoms with Gasteiger partial charge in [-0.05, 0) is 104 Å². The summed E-state index contributed by atoms with van der Waals surface area (Å²) in [5, 5.41) is 19.1. The van der Waals surface area contributed by atoms with Crippen LogP contribution in [-0.4, -0.2) is 478 Å². The summed E-state index contributed by atoms with van der Waals surface area (Å²) in [6, 6.07) is 0. The number of allylic oxidation sites excluding steroid dienone is 2. The van der Waals surface area contributed by atoms with Gasteiger partial charge < -0.3 is 139 Å². The van der Waals surface area contributed by atoms with Crippen molar-refractivity contribution in [1.29, 1.82) is 0 Å². The summed E-state index contributed by atoms with van der Waals surface area (Å²) >= 11 is 0. The van der Waals surface area contributed by atoms with E-state index in [9.17, 15) is 114 Å². The maximum Gasteiger partial charge on any atom is 0.399 e. The Labute approximate surface area is 806 Å². The third-order valence-corrected chi connectivity index (χ3v) is 22.8. The van der Waals surface area contributed by atoms with Gasteiger partial charge in [0.1, 0.15) is 31.0 Å². The van der Waals surface area contributed by atoms with Crippen molar-refractivity contribution in [2.75, 3.05) is 13.2 Å². The molecule has 2 heterocycles. The molecule has 2 aliphatic heterocycles. The first-order chi connectivity index (χ1) is 42.5. The first-order valence-electron chi connectivity index (χ1n) is 27.6. The van der Waals surface area contributed by atoms with E-state index in [1.165, 1.54) is 5.57 Å². The zero-order valence-electron chi connectivity index (χ0n) is 60.5. The van der Waals surface area contributed by atoms with Crippen LogP contribution in [0.3, 0.4) is 0 Å². The molecule has 0 aromatic carbocycles. The molecule has 7 aliphatic rings. The Hall–Kier alpha value is 0.652. The van der Waals surface area contributed by atoms with Gasteiger partial charge in [0.05, 0.1) is 24.9 Å². The van der Waals surface area contributed by atoms with E-state index in [0.717, 1.165) is 38.5 Å². The van der Waals surface area contributed by atoms with Crippen molar-refractivity contribution in [2.24, 2.45) is 50.2 Å². The van der Waals surface area contributed by atoms with E-state index < -0.39 is 175 Å². The van der Waals surface area contributed by atoms with Crippen LogP contribution in [0.4, 0.5) is 0 Å². The Morgan fingerprint density at radius 2 is 0.831 bits per heavy atom. The highest BCUT2D eigenvalue weighted by molar-refractivity contribution is 7.82. The van der Waals surface area contributed by atoms with Crippen LogP contribution in [0.15, 0.2) is 11.6 Å². The van der Waals surface area contributed by atoms with Crippen molar-refractivity contribution in [1.82, 2.24) is 0 Å². The molecule has 0 aromatic heterocycles. The highest BCUT2D eigenvalue weighted by atomic mass is 32.3. The van der Waals surface area contributed by atoms with E-state index >= 15 is 0 Å². The zero-order valence-corrected chi connectivity index (χ0v) is 67.0. The van der Waals surface area contributed by atoms with Crippen LogP contribution in [0.25, 0.3) is 0 Å². The van der Waals surface area contributed by atoms with Crippen LogP contribution in [0.2, 0.25) is 0 Å². The fourth-order valence-corrected chi connectivity index (χ4v) is 18.5. The molecule has 124 heavy (non-hydrogen) atoms. The van der Waals surface area contributed by atoms with E-state index in [1.54, 1.807) is 0 Å². The van der Waals surface area contributed by atoms with Crippen molar-refractivity contribution in [3.8, 4) is 0 Å². The Morgan fingerprint density at radius 1 is 0.444 bits per heavy atom. The number of carbonyl (C=O) groups excluding carboxylic acids is 2. The van der Waals surface area contributed by atoms with Gasteiger partial charge in [-0.2, -0.15) is 67.3 Å². The molecule has 0 radical (unpaired) electrons. The van der Waals surface area contributed by atoms with Crippen LogP contribution in [0, 0.1) is 50.2 Å². The summed E-state index contributed by atoms with van der Waals surface area (Å²) in [6.07, 6.45) is -18.4. The quantitative estimate of drug-likeness (QED) is 0.0230. The second kappa shape index (κ2) is 66.2. The molecule has 2 saturated heterocycles. The number of hydrogen-bond acceptors (Lipinski definition) is 32. The number of ketones is 1. The average Bonchev–Trinajstić information content (AvgIpc) is 0.879. The molecular weight excluding hydrogens is 2030 g/mol. The van der Waals surface area contributed by atoms with Gasteiger partial charge in [-0.25, -0.2) is 33.5 Å². The highest BCUT2D eigenvalue weighted by Gasteiger charge is 2.72. The van der Waals surface area contributed by atoms with Crippen LogP contribution in [0.5, 0.6) is 0 Å². The fraction of sp³-hybridized carbons (Fsp3) is 0.867. The van der Waals surface area contributed by atoms with Crippen molar-refractivity contribution in [2.45, 2.75) is 180 Å². The summed E-state index contributed by atoms with van der Waals surface area (Å²) in [4.78, 5) is 50.3. The minimum absolute atomic E-state index is 0. The van der Waals surface area contributed by atoms with Gasteiger partial charge in [0.15, 0.2) is 187 Å². The molecule has 0 unspecified atom stereocenters. The van der Waals surface area contributed by atoms with E-state index in [0.29, 0.717) is 19.3 Å². The number of esters is 1. The van der Waals surface area contributed by atoms with Crippen molar-refractivity contribution < 1.29 is 295 Å². The summed E-state index contributed by atoms with van der Waals surface area (Å²) in [7, 11) is -48.9. The second-order valence-electron chi connectivity index (χ2n) is 25.6. The monoisotopic (exact) mass is 2170 g/mol. The number of carboxylic acids is 2. The Morgan fingerprint density at radius 3 is 1.22 bits per heavy atom. The molecule has 6 fully saturated rings. The third-order valence-electron chi connectivity index (χ3n) is 19.2. The predicted molar refractivity (Wildman–Crippen MR) is 463 cm³/mol. The molecule has 62 nitrogen and oxygen atoms in total. The van der Waals surface area contributed by atoms with E-state index in [1.807, 2.05) is 13.0 Å². The van der Waals surface area contributed by atoms with Crippen LogP contribution < -0.4 is 0 Å². The molecule has 50 N–H and O–H groups in total. The third kappa shape index (κ3) is 46.9. The van der Waals surface area contributed by atoms with Crippen molar-refractivity contribution in [3.63, 3.8) is 0 Å². The normalized spacial score (nSPS) is 28.9. The molecule has 0 aromatic rings. The summed E-state index contributed by atoms with van der Waals surface area (Å²) in [5.74, 6) is -6.14. The largest absolute Gasteiger partial charge is 0.481 e. The van der Waals surface area contributed by atoms with Gasteiger partial charge in [-0.3, -0.25) is 55.6 Å². The summed E-state index contributed by atoms with van der Waals surface area (Å²) in [6.45, 7) is 11.1. The minimum atomic E-state index is -6.30. The van der Waals surface area contributed by atoms with Crippen LogP contribution >= 0.6 is 0 Å². The number of rotatable bonds is 25. The average molecular weight is 2170 g/mol. The lowest BCUT2D eigenvalue weighted by Gasteiger charge is -2.70. The number of carbonyl (C=O) groups is 4. The summed E-state index contributed by atoms with van der Waals surface area (Å²) < 4.78 is 312. The fourth-order valence-electron chi connectivity index (χ4n) is 15.0. The van der Waals surface area contributed by atoms with Gasteiger partial charge in [-0.1, -0.05) is 47.1 Å². The molecule has 79 heteroatoms. The van der Waals surface area contributed by atoms with Gasteiger partial charge in [-0.15, -0.1) is 0 Å². The van der Waals surface area contributed by atoms with E-state index in [-0.39, 0.29) is 335 Å². The number of fused-ring (bicyclic) bond motifs is 7. The van der Waals surface area contributed by atoms with Gasteiger partial charge in [0.25, 0.3) is 0 Å². The van der Waals surface area contributed by atoms with Gasteiger partial charge >= 0.3 is 101 Å². The predicted octanol–water partition coefficient (Wildman–Crippen LogP) is -27.1. The lowest BCUT2D eigenvalue weighted by atomic mass is 9.33. The highest BCUT2D eigenvalue weighted by Crippen LogP contribution is 2.75. The molecule has 4 saturated carbocycles. The Kier molecular flexibility index (Phi) is 100. The van der Waals surface area contributed by atoms with E-state index in [4.69, 9.17) is 37.7 Å². The summed E-state index contributed by atoms with van der Waals surface area (Å²) in [5.41, 5.74) is -0.553. The number of carboxylic acid groups (broad SMARTS) is 2.